The van der Waals surface area contributed by atoms with Gasteiger partial charge in [0.05, 0.1) is 0 Å². The largest absolute Gasteiger partial charge is 0.143 e. The first-order valence-corrected chi connectivity index (χ1v) is 43.8. The summed E-state index contributed by atoms with van der Waals surface area (Å²) in [6, 6.07) is 120. The van der Waals surface area contributed by atoms with Crippen LogP contribution in [-0.2, 0) is 10.8 Å². The monoisotopic (exact) mass is 1560 g/mol. The standard InChI is InChI=1S/C68H58S2.C44H26S2/c1-39-11-19-43(20-12-39)47-27-48(44-21-13-40(2)14-22-44)30-51(29-47)55-37-59-64-58(34-54-36-62(68(8,9)10)69-65(54)59)56(38-60-63(64)57(55)33-53-35-61(67(5,6)7)70-66(53)60)52-31-49(45-23-15-41(3)16-24-45)28-50(32-52)46-25-17-42(4)18-26-46;1-5-13-27(14-6-1)35-33-25-31-21-23-46-44(31)42-38(30-19-11-4-12-20-30)36(28-15-7-2-8-16-28)34-26-32-22-24-45-43(32)41(40(34)39(33)42)37(35)29-17-9-3-10-18-29/h11-38H,1-10H3;1-26H. The Labute approximate surface area is 694 Å². The number of thiophene rings is 4. The molecule has 0 aliphatic carbocycles. The molecule has 556 valence electrons. The lowest BCUT2D eigenvalue weighted by Gasteiger charge is -2.26. The summed E-state index contributed by atoms with van der Waals surface area (Å²) < 4.78 is 5.43. The predicted molar refractivity (Wildman–Crippen MR) is 513 cm³/mol. The minimum atomic E-state index is 0.00294. The van der Waals surface area contributed by atoms with Crippen molar-refractivity contribution in [1.82, 2.24) is 0 Å². The topological polar surface area (TPSA) is 0 Å². The normalized spacial score (nSPS) is 12.2. The van der Waals surface area contributed by atoms with E-state index in [0.717, 1.165) is 0 Å². The van der Waals surface area contributed by atoms with Crippen molar-refractivity contribution >= 4 is 150 Å². The smallest absolute Gasteiger partial charge is 0.0428 e. The zero-order chi connectivity index (χ0) is 78.6. The molecular weight excluding hydrogens is 1470 g/mol. The lowest BCUT2D eigenvalue weighted by molar-refractivity contribution is 0.604. The highest BCUT2D eigenvalue weighted by Crippen LogP contribution is 2.59. The third-order valence-corrected chi connectivity index (χ3v) is 29.2. The van der Waals surface area contributed by atoms with Crippen molar-refractivity contribution in [2.75, 3.05) is 0 Å². The molecule has 0 fully saturated rings. The molecule has 0 aliphatic heterocycles. The van der Waals surface area contributed by atoms with E-state index in [4.69, 9.17) is 0 Å². The molecule has 4 aromatic heterocycles. The van der Waals surface area contributed by atoms with E-state index in [2.05, 4.69) is 395 Å². The van der Waals surface area contributed by atoms with Gasteiger partial charge in [0.2, 0.25) is 0 Å². The van der Waals surface area contributed by atoms with E-state index in [-0.39, 0.29) is 10.8 Å². The van der Waals surface area contributed by atoms with Gasteiger partial charge in [0.25, 0.3) is 0 Å². The van der Waals surface area contributed by atoms with Crippen molar-refractivity contribution in [3.05, 3.63) is 358 Å². The van der Waals surface area contributed by atoms with Crippen LogP contribution >= 0.6 is 45.3 Å². The summed E-state index contributed by atoms with van der Waals surface area (Å²) in [4.78, 5) is 2.81. The Morgan fingerprint density at radius 3 is 0.784 bits per heavy atom. The maximum atomic E-state index is 2.58. The molecule has 18 aromatic carbocycles. The van der Waals surface area contributed by atoms with E-state index in [9.17, 15) is 0 Å². The second-order valence-corrected chi connectivity index (χ2v) is 38.1. The van der Waals surface area contributed by atoms with Crippen LogP contribution in [0.5, 0.6) is 0 Å². The molecule has 4 heterocycles. The van der Waals surface area contributed by atoms with Gasteiger partial charge in [0.15, 0.2) is 0 Å². The van der Waals surface area contributed by atoms with Gasteiger partial charge in [-0.25, -0.2) is 0 Å². The molecule has 0 saturated heterocycles. The summed E-state index contributed by atoms with van der Waals surface area (Å²) in [5.41, 5.74) is 30.2. The summed E-state index contributed by atoms with van der Waals surface area (Å²) >= 11 is 7.69. The molecule has 4 heteroatoms. The van der Waals surface area contributed by atoms with Crippen molar-refractivity contribution in [1.29, 1.82) is 0 Å². The van der Waals surface area contributed by atoms with Gasteiger partial charge in [-0.1, -0.05) is 282 Å². The molecule has 116 heavy (non-hydrogen) atoms. The fourth-order valence-electron chi connectivity index (χ4n) is 18.3. The quantitative estimate of drug-likeness (QED) is 0.120. The maximum absolute atomic E-state index is 2.58. The fourth-order valence-corrected chi connectivity index (χ4v) is 22.6. The summed E-state index contributed by atoms with van der Waals surface area (Å²) in [5, 5.41) is 25.8. The van der Waals surface area contributed by atoms with Crippen molar-refractivity contribution in [3.8, 4) is 111 Å². The molecule has 0 bridgehead atoms. The first-order valence-electron chi connectivity index (χ1n) is 40.5. The van der Waals surface area contributed by atoms with Crippen LogP contribution < -0.4 is 0 Å². The molecule has 0 saturated carbocycles. The van der Waals surface area contributed by atoms with Crippen molar-refractivity contribution in [2.45, 2.75) is 80.1 Å². The van der Waals surface area contributed by atoms with Crippen LogP contribution in [0.3, 0.4) is 0 Å². The molecular formula is C112H84S4. The van der Waals surface area contributed by atoms with Gasteiger partial charge in [-0.15, -0.1) is 45.3 Å². The van der Waals surface area contributed by atoms with Crippen LogP contribution in [0.4, 0.5) is 0 Å². The molecule has 0 radical (unpaired) electrons. The third-order valence-electron chi connectivity index (χ3n) is 24.1. The predicted octanol–water partition coefficient (Wildman–Crippen LogP) is 34.5. The maximum Gasteiger partial charge on any atom is 0.0428 e. The molecule has 0 unspecified atom stereocenters. The highest BCUT2D eigenvalue weighted by molar-refractivity contribution is 7.21. The highest BCUT2D eigenvalue weighted by Gasteiger charge is 2.31. The zero-order valence-electron chi connectivity index (χ0n) is 66.8. The van der Waals surface area contributed by atoms with Crippen LogP contribution in [0.25, 0.3) is 216 Å². The minimum absolute atomic E-state index is 0.00294. The lowest BCUT2D eigenvalue weighted by atomic mass is 9.77. The van der Waals surface area contributed by atoms with Crippen molar-refractivity contribution in [3.63, 3.8) is 0 Å². The molecule has 0 atom stereocenters. The van der Waals surface area contributed by atoms with Gasteiger partial charge in [-0.2, -0.15) is 0 Å². The Morgan fingerprint density at radius 1 is 0.198 bits per heavy atom. The number of rotatable bonds is 10. The second-order valence-electron chi connectivity index (χ2n) is 34.2. The summed E-state index contributed by atoms with van der Waals surface area (Å²) in [6.07, 6.45) is 0. The zero-order valence-corrected chi connectivity index (χ0v) is 70.1. The van der Waals surface area contributed by atoms with E-state index >= 15 is 0 Å². The fraction of sp³-hybridized carbons (Fsp3) is 0.107. The summed E-state index contributed by atoms with van der Waals surface area (Å²) in [5.74, 6) is 0. The number of aryl methyl sites for hydroxylation is 4. The van der Waals surface area contributed by atoms with E-state index < -0.39 is 0 Å². The van der Waals surface area contributed by atoms with Crippen LogP contribution in [-0.4, -0.2) is 0 Å². The van der Waals surface area contributed by atoms with E-state index in [1.165, 1.54) is 248 Å². The van der Waals surface area contributed by atoms with Crippen LogP contribution in [0, 0.1) is 27.7 Å². The van der Waals surface area contributed by atoms with Gasteiger partial charge >= 0.3 is 0 Å². The Bertz CT molecular complexity index is 7000. The Morgan fingerprint density at radius 2 is 0.483 bits per heavy atom. The van der Waals surface area contributed by atoms with Gasteiger partial charge < -0.3 is 0 Å². The molecule has 0 aliphatic rings. The summed E-state index contributed by atoms with van der Waals surface area (Å²) in [6.45, 7) is 22.8. The molecule has 0 amide bonds. The Hall–Kier alpha value is -12.1. The van der Waals surface area contributed by atoms with Crippen LogP contribution in [0.2, 0.25) is 0 Å². The van der Waals surface area contributed by atoms with Crippen LogP contribution in [0.1, 0.15) is 73.6 Å². The van der Waals surface area contributed by atoms with Gasteiger partial charge in [0, 0.05) is 60.9 Å². The minimum Gasteiger partial charge on any atom is -0.143 e. The Kier molecular flexibility index (Phi) is 17.2. The van der Waals surface area contributed by atoms with E-state index in [0.29, 0.717) is 0 Å². The number of fused-ring (bicyclic) bond motifs is 8. The third kappa shape index (κ3) is 12.2. The van der Waals surface area contributed by atoms with Gasteiger partial charge in [-0.3, -0.25) is 0 Å². The average molecular weight is 1560 g/mol. The van der Waals surface area contributed by atoms with Gasteiger partial charge in [0.1, 0.15) is 0 Å². The summed E-state index contributed by atoms with van der Waals surface area (Å²) in [7, 11) is 0. The number of hydrogen-bond donors (Lipinski definition) is 0. The number of benzene rings is 18. The number of hydrogen-bond acceptors (Lipinski definition) is 4. The second kappa shape index (κ2) is 27.8. The average Bonchev–Trinajstić information content (AvgIpc) is 1.11. The van der Waals surface area contributed by atoms with Gasteiger partial charge in [-0.05, 0) is 311 Å². The molecule has 22 aromatic rings. The molecule has 0 N–H and O–H groups in total. The SMILES string of the molecule is Cc1ccc(-c2cc(-c3ccc(C)cc3)cc(-c3cc4c5sc(C(C)(C)C)cc5cc5c(-c6cc(-c7ccc(C)cc7)cc(-c7ccc(C)cc7)c6)cc6c7sc(C(C)(C)C)cc7cc3c6c54)c2)cc1.c1ccc(-c2c(-c3ccccc3)c3c4sccc4cc4c(-c5ccccc5)c(-c5ccccc5)c5c6sccc6cc2c5c43)cc1. The Balaban J connectivity index is 0.000000157. The first kappa shape index (κ1) is 71.6. The lowest BCUT2D eigenvalue weighted by Crippen LogP contribution is -2.07. The van der Waals surface area contributed by atoms with E-state index in [1.54, 1.807) is 0 Å². The molecule has 22 rings (SSSR count). The van der Waals surface area contributed by atoms with Crippen LogP contribution in [0.15, 0.2) is 326 Å². The molecule has 0 nitrogen and oxygen atoms in total. The van der Waals surface area contributed by atoms with E-state index in [1.807, 2.05) is 45.3 Å². The molecule has 0 spiro atoms. The van der Waals surface area contributed by atoms with Crippen molar-refractivity contribution in [2.24, 2.45) is 0 Å². The highest BCUT2D eigenvalue weighted by atomic mass is 32.1. The first-order chi connectivity index (χ1) is 56.4. The van der Waals surface area contributed by atoms with Crippen molar-refractivity contribution < 1.29 is 0 Å².